The highest BCUT2D eigenvalue weighted by Crippen LogP contribution is 2.19. The number of hydrogen-bond acceptors (Lipinski definition) is 3. The van der Waals surface area contributed by atoms with E-state index in [1.165, 1.54) is 0 Å². The number of imidazole rings is 1. The minimum Gasteiger partial charge on any atom is -0.325 e. The molecule has 2 aromatic carbocycles. The zero-order valence-corrected chi connectivity index (χ0v) is 12.8. The molecule has 0 radical (unpaired) electrons. The Kier molecular flexibility index (Phi) is 3.55. The number of para-hydroxylation sites is 2. The van der Waals surface area contributed by atoms with Crippen molar-refractivity contribution in [3.63, 3.8) is 0 Å². The van der Waals surface area contributed by atoms with Gasteiger partial charge in [0.15, 0.2) is 0 Å². The first kappa shape index (κ1) is 14.2. The SMILES string of the molecule is O=C(Cn1cnc2ccccc21)Nc1ccc(-c2ccn[nH]2)cc1. The van der Waals surface area contributed by atoms with Gasteiger partial charge in [-0.3, -0.25) is 9.89 Å². The van der Waals surface area contributed by atoms with Gasteiger partial charge in [0.2, 0.25) is 5.91 Å². The van der Waals surface area contributed by atoms with Crippen LogP contribution < -0.4 is 5.32 Å². The molecule has 0 unspecified atom stereocenters. The fourth-order valence-corrected chi connectivity index (χ4v) is 2.64. The number of hydrogen-bond donors (Lipinski definition) is 2. The number of anilines is 1. The van der Waals surface area contributed by atoms with Gasteiger partial charge in [-0.05, 0) is 35.9 Å². The number of H-pyrrole nitrogens is 1. The van der Waals surface area contributed by atoms with Crippen molar-refractivity contribution in [2.75, 3.05) is 5.32 Å². The predicted octanol–water partition coefficient (Wildman–Crippen LogP) is 3.07. The van der Waals surface area contributed by atoms with Crippen LogP contribution in [-0.2, 0) is 11.3 Å². The molecule has 4 aromatic rings. The lowest BCUT2D eigenvalue weighted by Gasteiger charge is -2.07. The lowest BCUT2D eigenvalue weighted by molar-refractivity contribution is -0.116. The molecule has 0 saturated heterocycles. The fourth-order valence-electron chi connectivity index (χ4n) is 2.64. The minimum atomic E-state index is -0.0903. The maximum atomic E-state index is 12.3. The number of rotatable bonds is 4. The number of carbonyl (C=O) groups is 1. The average molecular weight is 317 g/mol. The van der Waals surface area contributed by atoms with E-state index in [-0.39, 0.29) is 12.5 Å². The number of carbonyl (C=O) groups excluding carboxylic acids is 1. The second-order valence-corrected chi connectivity index (χ2v) is 5.46. The predicted molar refractivity (Wildman–Crippen MR) is 92.4 cm³/mol. The van der Waals surface area contributed by atoms with E-state index in [2.05, 4.69) is 20.5 Å². The van der Waals surface area contributed by atoms with Gasteiger partial charge in [-0.1, -0.05) is 24.3 Å². The molecule has 6 heteroatoms. The minimum absolute atomic E-state index is 0.0903. The van der Waals surface area contributed by atoms with Crippen molar-refractivity contribution >= 4 is 22.6 Å². The molecule has 0 aliphatic carbocycles. The molecular formula is C18H15N5O. The Bertz CT molecular complexity index is 970. The first-order chi connectivity index (χ1) is 11.8. The van der Waals surface area contributed by atoms with Gasteiger partial charge in [-0.25, -0.2) is 4.98 Å². The van der Waals surface area contributed by atoms with E-state index < -0.39 is 0 Å². The summed E-state index contributed by atoms with van der Waals surface area (Å²) in [5, 5.41) is 9.75. The Labute approximate surface area is 138 Å². The number of nitrogens with one attached hydrogen (secondary N) is 2. The third kappa shape index (κ3) is 2.77. The van der Waals surface area contributed by atoms with E-state index in [1.54, 1.807) is 12.5 Å². The van der Waals surface area contributed by atoms with E-state index in [1.807, 2.05) is 59.2 Å². The molecule has 0 atom stereocenters. The van der Waals surface area contributed by atoms with E-state index in [9.17, 15) is 4.79 Å². The molecule has 6 nitrogen and oxygen atoms in total. The van der Waals surface area contributed by atoms with Crippen molar-refractivity contribution in [1.82, 2.24) is 19.7 Å². The Hall–Kier alpha value is -3.41. The molecule has 0 spiro atoms. The second-order valence-electron chi connectivity index (χ2n) is 5.46. The molecule has 2 N–H and O–H groups in total. The molecule has 0 aliphatic heterocycles. The van der Waals surface area contributed by atoms with E-state index in [0.29, 0.717) is 0 Å². The normalized spacial score (nSPS) is 10.8. The van der Waals surface area contributed by atoms with Gasteiger partial charge in [0.25, 0.3) is 0 Å². The van der Waals surface area contributed by atoms with Crippen molar-refractivity contribution in [3.8, 4) is 11.3 Å². The number of aromatic nitrogens is 4. The summed E-state index contributed by atoms with van der Waals surface area (Å²) in [5.74, 6) is -0.0903. The van der Waals surface area contributed by atoms with Crippen molar-refractivity contribution in [2.24, 2.45) is 0 Å². The standard InChI is InChI=1S/C18H15N5O/c24-18(11-23-12-19-16-3-1-2-4-17(16)23)21-14-7-5-13(6-8-14)15-9-10-20-22-15/h1-10,12H,11H2,(H,20,22)(H,21,24). The molecule has 4 rings (SSSR count). The third-order valence-electron chi connectivity index (χ3n) is 3.82. The Morgan fingerprint density at radius 1 is 1.08 bits per heavy atom. The van der Waals surface area contributed by atoms with Crippen LogP contribution >= 0.6 is 0 Å². The highest BCUT2D eigenvalue weighted by atomic mass is 16.1. The first-order valence-electron chi connectivity index (χ1n) is 7.59. The number of amides is 1. The van der Waals surface area contributed by atoms with Crippen LogP contribution in [0.2, 0.25) is 0 Å². The van der Waals surface area contributed by atoms with Crippen LogP contribution in [0.1, 0.15) is 0 Å². The lowest BCUT2D eigenvalue weighted by atomic mass is 10.1. The van der Waals surface area contributed by atoms with Crippen LogP contribution in [0.15, 0.2) is 67.1 Å². The summed E-state index contributed by atoms with van der Waals surface area (Å²) in [4.78, 5) is 16.6. The summed E-state index contributed by atoms with van der Waals surface area (Å²) in [7, 11) is 0. The van der Waals surface area contributed by atoms with Crippen molar-refractivity contribution in [3.05, 3.63) is 67.1 Å². The molecule has 0 bridgehead atoms. The Balaban J connectivity index is 1.46. The maximum Gasteiger partial charge on any atom is 0.244 e. The largest absolute Gasteiger partial charge is 0.325 e. The monoisotopic (exact) mass is 317 g/mol. The number of benzene rings is 2. The molecule has 2 heterocycles. The van der Waals surface area contributed by atoms with Crippen molar-refractivity contribution in [2.45, 2.75) is 6.54 Å². The van der Waals surface area contributed by atoms with Crippen LogP contribution in [0.4, 0.5) is 5.69 Å². The molecule has 24 heavy (non-hydrogen) atoms. The number of fused-ring (bicyclic) bond motifs is 1. The smallest absolute Gasteiger partial charge is 0.244 e. The highest BCUT2D eigenvalue weighted by molar-refractivity contribution is 5.91. The van der Waals surface area contributed by atoms with Gasteiger partial charge in [0.1, 0.15) is 6.54 Å². The quantitative estimate of drug-likeness (QED) is 0.607. The van der Waals surface area contributed by atoms with Crippen LogP contribution in [-0.4, -0.2) is 25.7 Å². The molecule has 0 fully saturated rings. The molecule has 118 valence electrons. The molecule has 1 amide bonds. The molecule has 0 aliphatic rings. The van der Waals surface area contributed by atoms with Crippen LogP contribution in [0.5, 0.6) is 0 Å². The summed E-state index contributed by atoms with van der Waals surface area (Å²) < 4.78 is 1.84. The van der Waals surface area contributed by atoms with Gasteiger partial charge < -0.3 is 9.88 Å². The molecule has 0 saturated carbocycles. The van der Waals surface area contributed by atoms with Gasteiger partial charge in [-0.15, -0.1) is 0 Å². The molecule has 2 aromatic heterocycles. The number of aromatic amines is 1. The average Bonchev–Trinajstić information content (AvgIpc) is 3.26. The third-order valence-corrected chi connectivity index (χ3v) is 3.82. The van der Waals surface area contributed by atoms with Gasteiger partial charge in [0.05, 0.1) is 23.1 Å². The number of nitrogens with zero attached hydrogens (tertiary/aromatic N) is 3. The van der Waals surface area contributed by atoms with Crippen LogP contribution in [0.3, 0.4) is 0 Å². The summed E-state index contributed by atoms with van der Waals surface area (Å²) in [6.45, 7) is 0.225. The Morgan fingerprint density at radius 3 is 2.71 bits per heavy atom. The zero-order valence-electron chi connectivity index (χ0n) is 12.8. The first-order valence-corrected chi connectivity index (χ1v) is 7.59. The summed E-state index contributed by atoms with van der Waals surface area (Å²) >= 11 is 0. The summed E-state index contributed by atoms with van der Waals surface area (Å²) in [6, 6.07) is 17.3. The van der Waals surface area contributed by atoms with E-state index >= 15 is 0 Å². The van der Waals surface area contributed by atoms with Crippen LogP contribution in [0.25, 0.3) is 22.3 Å². The van der Waals surface area contributed by atoms with Crippen molar-refractivity contribution < 1.29 is 4.79 Å². The van der Waals surface area contributed by atoms with Gasteiger partial charge >= 0.3 is 0 Å². The summed E-state index contributed by atoms with van der Waals surface area (Å²) in [5.41, 5.74) is 4.55. The van der Waals surface area contributed by atoms with Crippen molar-refractivity contribution in [1.29, 1.82) is 0 Å². The molecular weight excluding hydrogens is 302 g/mol. The lowest BCUT2D eigenvalue weighted by Crippen LogP contribution is -2.18. The van der Waals surface area contributed by atoms with Gasteiger partial charge in [0, 0.05) is 11.9 Å². The maximum absolute atomic E-state index is 12.3. The van der Waals surface area contributed by atoms with Crippen LogP contribution in [0, 0.1) is 0 Å². The van der Waals surface area contributed by atoms with E-state index in [4.69, 9.17) is 0 Å². The van der Waals surface area contributed by atoms with Gasteiger partial charge in [-0.2, -0.15) is 5.10 Å². The highest BCUT2D eigenvalue weighted by Gasteiger charge is 2.07. The fraction of sp³-hybridized carbons (Fsp3) is 0.0556. The van der Waals surface area contributed by atoms with E-state index in [0.717, 1.165) is 28.0 Å². The summed E-state index contributed by atoms with van der Waals surface area (Å²) in [6.07, 6.45) is 3.39. The Morgan fingerprint density at radius 2 is 1.92 bits per heavy atom. The topological polar surface area (TPSA) is 75.6 Å². The second kappa shape index (κ2) is 6.00. The zero-order chi connectivity index (χ0) is 16.4.